The summed E-state index contributed by atoms with van der Waals surface area (Å²) in [6, 6.07) is 0. The molecule has 1 fully saturated rings. The zero-order chi connectivity index (χ0) is 14.3. The maximum absolute atomic E-state index is 10.0. The summed E-state index contributed by atoms with van der Waals surface area (Å²) in [6.45, 7) is 11.3. The van der Waals surface area contributed by atoms with Gasteiger partial charge in [0.05, 0.1) is 19.3 Å². The van der Waals surface area contributed by atoms with Crippen LogP contribution in [0.15, 0.2) is 0 Å². The molecule has 0 aromatic heterocycles. The maximum atomic E-state index is 10.0. The number of ether oxygens (including phenoxy) is 1. The third-order valence-electron chi connectivity index (χ3n) is 3.30. The molecule has 1 saturated heterocycles. The predicted octanol–water partition coefficient (Wildman–Crippen LogP) is -0.143. The smallest absolute Gasteiger partial charge is 0.0791 e. The van der Waals surface area contributed by atoms with Gasteiger partial charge >= 0.3 is 0 Å². The number of aliphatic hydroxyl groups excluding tert-OH is 1. The van der Waals surface area contributed by atoms with Crippen molar-refractivity contribution < 1.29 is 9.84 Å². The lowest BCUT2D eigenvalue weighted by Crippen LogP contribution is -2.45. The Morgan fingerprint density at radius 3 is 2.53 bits per heavy atom. The second kappa shape index (κ2) is 8.17. The van der Waals surface area contributed by atoms with Crippen LogP contribution in [-0.2, 0) is 4.74 Å². The molecule has 114 valence electrons. The second-order valence-corrected chi connectivity index (χ2v) is 6.60. The first kappa shape index (κ1) is 16.9. The molecule has 0 aromatic carbocycles. The van der Waals surface area contributed by atoms with Crippen molar-refractivity contribution in [3.05, 3.63) is 0 Å². The molecule has 0 bridgehead atoms. The third kappa shape index (κ3) is 7.84. The first-order valence-corrected chi connectivity index (χ1v) is 7.23. The fraction of sp³-hybridized carbons (Fsp3) is 1.00. The minimum atomic E-state index is -0.298. The first-order valence-electron chi connectivity index (χ1n) is 7.23. The van der Waals surface area contributed by atoms with Gasteiger partial charge < -0.3 is 20.1 Å². The summed E-state index contributed by atoms with van der Waals surface area (Å²) >= 11 is 0. The number of hydrogen-bond acceptors (Lipinski definition) is 5. The predicted molar refractivity (Wildman–Crippen MR) is 78.5 cm³/mol. The van der Waals surface area contributed by atoms with Gasteiger partial charge in [-0.25, -0.2) is 0 Å². The Labute approximate surface area is 117 Å². The third-order valence-corrected chi connectivity index (χ3v) is 3.30. The van der Waals surface area contributed by atoms with Crippen molar-refractivity contribution >= 4 is 0 Å². The van der Waals surface area contributed by atoms with Gasteiger partial charge in [-0.15, -0.1) is 0 Å². The van der Waals surface area contributed by atoms with Gasteiger partial charge in [-0.2, -0.15) is 0 Å². The van der Waals surface area contributed by atoms with Crippen LogP contribution in [0.3, 0.4) is 0 Å². The van der Waals surface area contributed by atoms with E-state index in [1.54, 1.807) is 0 Å². The fourth-order valence-electron chi connectivity index (χ4n) is 2.64. The summed E-state index contributed by atoms with van der Waals surface area (Å²) in [7, 11) is 4.18. The zero-order valence-electron chi connectivity index (χ0n) is 13.0. The van der Waals surface area contributed by atoms with Crippen LogP contribution in [0.25, 0.3) is 0 Å². The summed E-state index contributed by atoms with van der Waals surface area (Å²) in [5, 5.41) is 13.4. The van der Waals surface area contributed by atoms with E-state index in [0.29, 0.717) is 6.54 Å². The number of nitrogens with zero attached hydrogens (tertiary/aromatic N) is 2. The highest BCUT2D eigenvalue weighted by Crippen LogP contribution is 2.13. The van der Waals surface area contributed by atoms with E-state index in [1.807, 2.05) is 0 Å². The van der Waals surface area contributed by atoms with E-state index in [2.05, 4.69) is 43.1 Å². The van der Waals surface area contributed by atoms with E-state index >= 15 is 0 Å². The van der Waals surface area contributed by atoms with E-state index < -0.39 is 0 Å². The highest BCUT2D eigenvalue weighted by Gasteiger charge is 2.19. The van der Waals surface area contributed by atoms with Crippen molar-refractivity contribution in [1.29, 1.82) is 0 Å². The quantitative estimate of drug-likeness (QED) is 0.644. The summed E-state index contributed by atoms with van der Waals surface area (Å²) in [4.78, 5) is 4.46. The van der Waals surface area contributed by atoms with Gasteiger partial charge in [-0.1, -0.05) is 13.8 Å². The highest BCUT2D eigenvalue weighted by molar-refractivity contribution is 4.76. The van der Waals surface area contributed by atoms with Crippen LogP contribution >= 0.6 is 0 Å². The Morgan fingerprint density at radius 1 is 1.32 bits per heavy atom. The maximum Gasteiger partial charge on any atom is 0.0791 e. The Morgan fingerprint density at radius 2 is 1.95 bits per heavy atom. The second-order valence-electron chi connectivity index (χ2n) is 6.60. The van der Waals surface area contributed by atoms with Crippen LogP contribution in [0.5, 0.6) is 0 Å². The molecule has 1 rings (SSSR count). The van der Waals surface area contributed by atoms with Crippen LogP contribution in [-0.4, -0.2) is 87.6 Å². The molecule has 0 aromatic rings. The van der Waals surface area contributed by atoms with E-state index in [-0.39, 0.29) is 11.5 Å². The van der Waals surface area contributed by atoms with E-state index in [4.69, 9.17) is 4.74 Å². The monoisotopic (exact) mass is 273 g/mol. The van der Waals surface area contributed by atoms with Crippen LogP contribution < -0.4 is 5.32 Å². The molecule has 2 N–H and O–H groups in total. The zero-order valence-corrected chi connectivity index (χ0v) is 13.0. The number of rotatable bonds is 8. The normalized spacial score (nSPS) is 19.9. The lowest BCUT2D eigenvalue weighted by molar-refractivity contribution is 0.0145. The minimum absolute atomic E-state index is 0.224. The van der Waals surface area contributed by atoms with Gasteiger partial charge in [-0.05, 0) is 19.5 Å². The molecular formula is C14H31N3O2. The molecule has 0 amide bonds. The van der Waals surface area contributed by atoms with Crippen molar-refractivity contribution in [2.45, 2.75) is 20.0 Å². The van der Waals surface area contributed by atoms with Crippen molar-refractivity contribution in [3.63, 3.8) is 0 Å². The molecule has 0 aliphatic carbocycles. The van der Waals surface area contributed by atoms with Crippen LogP contribution in [0.4, 0.5) is 0 Å². The molecule has 19 heavy (non-hydrogen) atoms. The summed E-state index contributed by atoms with van der Waals surface area (Å²) in [5.41, 5.74) is 0.224. The van der Waals surface area contributed by atoms with Crippen molar-refractivity contribution in [2.24, 2.45) is 5.41 Å². The molecule has 1 atom stereocenters. The van der Waals surface area contributed by atoms with Gasteiger partial charge in [0.2, 0.25) is 0 Å². The minimum Gasteiger partial charge on any atom is -0.390 e. The average Bonchev–Trinajstić information content (AvgIpc) is 2.28. The Balaban J connectivity index is 2.13. The molecular weight excluding hydrogens is 242 g/mol. The lowest BCUT2D eigenvalue weighted by atomic mass is 9.93. The fourth-order valence-corrected chi connectivity index (χ4v) is 2.64. The topological polar surface area (TPSA) is 48.0 Å². The van der Waals surface area contributed by atoms with Gasteiger partial charge in [-0.3, -0.25) is 4.90 Å². The molecule has 0 spiro atoms. The van der Waals surface area contributed by atoms with E-state index in [1.165, 1.54) is 0 Å². The highest BCUT2D eigenvalue weighted by atomic mass is 16.5. The molecule has 0 radical (unpaired) electrons. The molecule has 1 heterocycles. The van der Waals surface area contributed by atoms with Crippen molar-refractivity contribution in [1.82, 2.24) is 15.1 Å². The van der Waals surface area contributed by atoms with Gasteiger partial charge in [0.15, 0.2) is 0 Å². The van der Waals surface area contributed by atoms with E-state index in [9.17, 15) is 5.11 Å². The standard InChI is InChI=1S/C14H31N3O2/c1-14(2,12-16(3)4)11-15-9-13(18)10-17-5-7-19-8-6-17/h13,15,18H,5-12H2,1-4H3. The molecule has 5 nitrogen and oxygen atoms in total. The van der Waals surface area contributed by atoms with Crippen molar-refractivity contribution in [3.8, 4) is 0 Å². The van der Waals surface area contributed by atoms with Crippen LogP contribution in [0, 0.1) is 5.41 Å². The number of β-amino-alcohol motifs (C(OH)–C–C–N with tert-alkyl or cyclic N) is 1. The Bertz CT molecular complexity index is 241. The molecule has 1 unspecified atom stereocenters. The van der Waals surface area contributed by atoms with Crippen LogP contribution in [0.1, 0.15) is 13.8 Å². The van der Waals surface area contributed by atoms with Gasteiger partial charge in [0.1, 0.15) is 0 Å². The van der Waals surface area contributed by atoms with Gasteiger partial charge in [0, 0.05) is 39.3 Å². The molecule has 1 aliphatic rings. The summed E-state index contributed by atoms with van der Waals surface area (Å²) in [5.74, 6) is 0. The number of hydrogen-bond donors (Lipinski definition) is 2. The lowest BCUT2D eigenvalue weighted by Gasteiger charge is -2.31. The molecule has 5 heteroatoms. The Hall–Kier alpha value is -0.200. The van der Waals surface area contributed by atoms with Crippen LogP contribution in [0.2, 0.25) is 0 Å². The van der Waals surface area contributed by atoms with E-state index in [0.717, 1.165) is 45.9 Å². The SMILES string of the molecule is CN(C)CC(C)(C)CNCC(O)CN1CCOCC1. The van der Waals surface area contributed by atoms with Crippen molar-refractivity contribution in [2.75, 3.05) is 66.6 Å². The number of nitrogens with one attached hydrogen (secondary N) is 1. The molecule has 1 aliphatic heterocycles. The molecule has 0 saturated carbocycles. The average molecular weight is 273 g/mol. The first-order chi connectivity index (χ1) is 8.89. The Kier molecular flexibility index (Phi) is 7.25. The van der Waals surface area contributed by atoms with Gasteiger partial charge in [0.25, 0.3) is 0 Å². The summed E-state index contributed by atoms with van der Waals surface area (Å²) < 4.78 is 5.30. The largest absolute Gasteiger partial charge is 0.390 e. The number of morpholine rings is 1. The summed E-state index contributed by atoms with van der Waals surface area (Å²) in [6.07, 6.45) is -0.298. The number of aliphatic hydroxyl groups is 1.